The molecule has 0 bridgehead atoms. The van der Waals surface area contributed by atoms with Crippen molar-refractivity contribution >= 4 is 34.5 Å². The molecule has 9 heteroatoms. The zero-order valence-corrected chi connectivity index (χ0v) is 13.2. The van der Waals surface area contributed by atoms with Crippen LogP contribution >= 0.6 is 11.6 Å². The molecule has 8 nitrogen and oxygen atoms in total. The fraction of sp³-hybridized carbons (Fsp3) is 0. The van der Waals surface area contributed by atoms with Crippen LogP contribution in [0.2, 0.25) is 5.02 Å². The second-order valence-corrected chi connectivity index (χ2v) is 5.00. The second kappa shape index (κ2) is 7.68. The van der Waals surface area contributed by atoms with Gasteiger partial charge in [-0.05, 0) is 18.2 Å². The average Bonchev–Trinajstić information content (AvgIpc) is 2.62. The number of nitriles is 2. The van der Waals surface area contributed by atoms with Gasteiger partial charge in [0.1, 0.15) is 12.1 Å². The summed E-state index contributed by atoms with van der Waals surface area (Å²) < 4.78 is 0. The molecule has 1 N–H and O–H groups in total. The minimum Gasteiger partial charge on any atom is -0.288 e. The Morgan fingerprint density at radius 3 is 2.44 bits per heavy atom. The van der Waals surface area contributed by atoms with E-state index in [1.54, 1.807) is 24.3 Å². The molecule has 0 amide bonds. The van der Waals surface area contributed by atoms with Crippen molar-refractivity contribution in [2.45, 2.75) is 0 Å². The molecule has 0 unspecified atom stereocenters. The van der Waals surface area contributed by atoms with Gasteiger partial charge < -0.3 is 0 Å². The molecular formula is C16H8ClN5O3. The van der Waals surface area contributed by atoms with Crippen LogP contribution in [0.4, 0.5) is 11.4 Å². The maximum atomic E-state index is 12.7. The molecule has 0 spiro atoms. The molecule has 2 aromatic rings. The lowest BCUT2D eigenvalue weighted by Gasteiger charge is -2.09. The third kappa shape index (κ3) is 3.96. The van der Waals surface area contributed by atoms with Crippen LogP contribution in [0.25, 0.3) is 0 Å². The van der Waals surface area contributed by atoms with E-state index in [0.717, 1.165) is 6.07 Å². The van der Waals surface area contributed by atoms with E-state index in [0.29, 0.717) is 0 Å². The van der Waals surface area contributed by atoms with Crippen molar-refractivity contribution < 1.29 is 9.72 Å². The summed E-state index contributed by atoms with van der Waals surface area (Å²) in [5.74, 6) is -0.567. The molecule has 2 rings (SSSR count). The monoisotopic (exact) mass is 353 g/mol. The van der Waals surface area contributed by atoms with E-state index in [1.807, 2.05) is 0 Å². The normalized spacial score (nSPS) is 9.40. The Balaban J connectivity index is 2.55. The fourth-order valence-corrected chi connectivity index (χ4v) is 2.13. The summed E-state index contributed by atoms with van der Waals surface area (Å²) in [7, 11) is 0. The number of ketones is 1. The molecule has 0 fully saturated rings. The van der Waals surface area contributed by atoms with E-state index in [9.17, 15) is 14.9 Å². The summed E-state index contributed by atoms with van der Waals surface area (Å²) in [5, 5.41) is 32.1. The van der Waals surface area contributed by atoms with Crippen LogP contribution in [0.5, 0.6) is 0 Å². The molecule has 0 aromatic heterocycles. The number of carbonyl (C=O) groups is 1. The van der Waals surface area contributed by atoms with Gasteiger partial charge in [0.05, 0.1) is 21.2 Å². The van der Waals surface area contributed by atoms with Crippen molar-refractivity contribution in [1.82, 2.24) is 0 Å². The summed E-state index contributed by atoms with van der Waals surface area (Å²) in [6, 6.07) is 12.8. The summed E-state index contributed by atoms with van der Waals surface area (Å²) >= 11 is 6.01. The smallest absolute Gasteiger partial charge is 0.270 e. The quantitative estimate of drug-likeness (QED) is 0.379. The van der Waals surface area contributed by atoms with Crippen molar-refractivity contribution in [3.05, 3.63) is 68.7 Å². The number of nitro benzene ring substituents is 1. The summed E-state index contributed by atoms with van der Waals surface area (Å²) in [4.78, 5) is 23.1. The standard InChI is InChI=1S/C16H8ClN5O3/c17-14-4-2-1-3-12(14)16(23)13-7-11(22(24)25)5-6-15(13)21-20-10(8-18)9-19/h1-7,21H. The summed E-state index contributed by atoms with van der Waals surface area (Å²) in [6.07, 6.45) is 0. The number of hydrazone groups is 1. The van der Waals surface area contributed by atoms with Gasteiger partial charge in [-0.15, -0.1) is 0 Å². The molecule has 2 aromatic carbocycles. The SMILES string of the molecule is N#CC(C#N)=NNc1ccc([N+](=O)[O-])cc1C(=O)c1ccccc1Cl. The van der Waals surface area contributed by atoms with E-state index >= 15 is 0 Å². The van der Waals surface area contributed by atoms with Crippen molar-refractivity contribution in [1.29, 1.82) is 10.5 Å². The predicted molar refractivity (Wildman–Crippen MR) is 90.3 cm³/mol. The largest absolute Gasteiger partial charge is 0.288 e. The summed E-state index contributed by atoms with van der Waals surface area (Å²) in [6.45, 7) is 0. The number of non-ortho nitro benzene ring substituents is 1. The van der Waals surface area contributed by atoms with E-state index in [-0.39, 0.29) is 27.5 Å². The number of hydrogen-bond acceptors (Lipinski definition) is 7. The van der Waals surface area contributed by atoms with Crippen LogP contribution in [0.3, 0.4) is 0 Å². The highest BCUT2D eigenvalue weighted by Gasteiger charge is 2.20. The molecule has 122 valence electrons. The van der Waals surface area contributed by atoms with E-state index < -0.39 is 16.4 Å². The van der Waals surface area contributed by atoms with Crippen molar-refractivity contribution in [3.63, 3.8) is 0 Å². The van der Waals surface area contributed by atoms with Crippen molar-refractivity contribution in [2.75, 3.05) is 5.43 Å². The first-order valence-electron chi connectivity index (χ1n) is 6.69. The maximum absolute atomic E-state index is 12.7. The topological polar surface area (TPSA) is 132 Å². The van der Waals surface area contributed by atoms with Crippen molar-refractivity contribution in [2.24, 2.45) is 5.10 Å². The number of rotatable bonds is 5. The molecule has 0 aliphatic heterocycles. The number of nitrogens with one attached hydrogen (secondary N) is 1. The highest BCUT2D eigenvalue weighted by atomic mass is 35.5. The second-order valence-electron chi connectivity index (χ2n) is 4.59. The molecule has 0 saturated heterocycles. The molecule has 0 heterocycles. The van der Waals surface area contributed by atoms with Gasteiger partial charge in [-0.1, -0.05) is 23.7 Å². The van der Waals surface area contributed by atoms with Crippen LogP contribution in [0.1, 0.15) is 15.9 Å². The lowest BCUT2D eigenvalue weighted by atomic mass is 10.0. The predicted octanol–water partition coefficient (Wildman–Crippen LogP) is 3.29. The molecule has 25 heavy (non-hydrogen) atoms. The molecular weight excluding hydrogens is 346 g/mol. The van der Waals surface area contributed by atoms with E-state index in [4.69, 9.17) is 22.1 Å². The Bertz CT molecular complexity index is 956. The van der Waals surface area contributed by atoms with Gasteiger partial charge in [0.25, 0.3) is 5.69 Å². The van der Waals surface area contributed by atoms with Crippen LogP contribution in [-0.2, 0) is 0 Å². The zero-order valence-electron chi connectivity index (χ0n) is 12.4. The van der Waals surface area contributed by atoms with Crippen LogP contribution in [0.15, 0.2) is 47.6 Å². The Morgan fingerprint density at radius 2 is 1.84 bits per heavy atom. The van der Waals surface area contributed by atoms with E-state index in [2.05, 4.69) is 10.5 Å². The van der Waals surface area contributed by atoms with Gasteiger partial charge in [-0.2, -0.15) is 15.6 Å². The molecule has 0 atom stereocenters. The number of halogens is 1. The lowest BCUT2D eigenvalue weighted by Crippen LogP contribution is -2.08. The van der Waals surface area contributed by atoms with Gasteiger partial charge in [-0.25, -0.2) is 0 Å². The van der Waals surface area contributed by atoms with Crippen LogP contribution in [-0.4, -0.2) is 16.4 Å². The number of carbonyl (C=O) groups excluding carboxylic acids is 1. The number of nitrogens with zero attached hydrogens (tertiary/aromatic N) is 4. The van der Waals surface area contributed by atoms with Gasteiger partial charge in [0, 0.05) is 17.7 Å². The first-order valence-corrected chi connectivity index (χ1v) is 7.07. The third-order valence-electron chi connectivity index (χ3n) is 3.08. The highest BCUT2D eigenvalue weighted by Crippen LogP contribution is 2.27. The molecule has 0 aliphatic rings. The Kier molecular flexibility index (Phi) is 5.41. The molecule has 0 aliphatic carbocycles. The number of anilines is 1. The number of hydrogen-bond donors (Lipinski definition) is 1. The van der Waals surface area contributed by atoms with Gasteiger partial charge in [0.15, 0.2) is 5.78 Å². The Hall–Kier alpha value is -3.75. The first-order chi connectivity index (χ1) is 12.0. The average molecular weight is 354 g/mol. The number of nitro groups is 1. The lowest BCUT2D eigenvalue weighted by molar-refractivity contribution is -0.384. The Labute approximate surface area is 146 Å². The zero-order chi connectivity index (χ0) is 18.4. The van der Waals surface area contributed by atoms with Gasteiger partial charge in [0.2, 0.25) is 5.71 Å². The molecule has 0 saturated carbocycles. The van der Waals surface area contributed by atoms with Crippen LogP contribution in [0, 0.1) is 32.8 Å². The van der Waals surface area contributed by atoms with Gasteiger partial charge >= 0.3 is 0 Å². The summed E-state index contributed by atoms with van der Waals surface area (Å²) in [5.41, 5.74) is 1.82. The van der Waals surface area contributed by atoms with E-state index in [1.165, 1.54) is 24.3 Å². The minimum absolute atomic E-state index is 0.0683. The molecule has 0 radical (unpaired) electrons. The van der Waals surface area contributed by atoms with Gasteiger partial charge in [-0.3, -0.25) is 20.3 Å². The number of benzene rings is 2. The van der Waals surface area contributed by atoms with Crippen molar-refractivity contribution in [3.8, 4) is 12.1 Å². The highest BCUT2D eigenvalue weighted by molar-refractivity contribution is 6.35. The first kappa shape index (κ1) is 17.6. The fourth-order valence-electron chi connectivity index (χ4n) is 1.91. The maximum Gasteiger partial charge on any atom is 0.270 e. The van der Waals surface area contributed by atoms with Crippen LogP contribution < -0.4 is 5.43 Å². The third-order valence-corrected chi connectivity index (χ3v) is 3.41. The minimum atomic E-state index is -0.646. The Morgan fingerprint density at radius 1 is 1.16 bits per heavy atom.